The largest absolute Gasteiger partial charge is 0.253 e. The highest BCUT2D eigenvalue weighted by Gasteiger charge is 2.08. The zero-order chi connectivity index (χ0) is 18.2. The molecule has 0 atom stereocenters. The third-order valence-corrected chi connectivity index (χ3v) is 5.10. The van der Waals surface area contributed by atoms with Crippen LogP contribution in [0.1, 0.15) is 5.69 Å². The minimum absolute atomic E-state index is 1.02. The van der Waals surface area contributed by atoms with Gasteiger partial charge in [-0.2, -0.15) is 0 Å². The van der Waals surface area contributed by atoms with Crippen molar-refractivity contribution in [2.75, 3.05) is 0 Å². The molecule has 0 N–H and O–H groups in total. The van der Waals surface area contributed by atoms with Gasteiger partial charge in [0.2, 0.25) is 0 Å². The molecule has 0 spiro atoms. The zero-order valence-corrected chi connectivity index (χ0v) is 15.2. The fourth-order valence-corrected chi connectivity index (χ4v) is 3.80. The van der Waals surface area contributed by atoms with Crippen molar-refractivity contribution in [2.45, 2.75) is 6.92 Å². The molecule has 1 aromatic heterocycles. The molecule has 5 aromatic rings. The molecule has 0 aliphatic carbocycles. The number of rotatable bonds is 2. The fraction of sp³-hybridized carbons (Fsp3) is 0.0385. The highest BCUT2D eigenvalue weighted by molar-refractivity contribution is 5.97. The van der Waals surface area contributed by atoms with Crippen LogP contribution in [0.3, 0.4) is 0 Å². The molecule has 0 radical (unpaired) electrons. The smallest absolute Gasteiger partial charge is 0.0711 e. The predicted molar refractivity (Wildman–Crippen MR) is 115 cm³/mol. The van der Waals surface area contributed by atoms with Gasteiger partial charge >= 0.3 is 0 Å². The molecule has 128 valence electrons. The van der Waals surface area contributed by atoms with Crippen molar-refractivity contribution in [1.82, 2.24) is 4.98 Å². The Bertz CT molecular complexity index is 1280. The quantitative estimate of drug-likeness (QED) is 0.335. The van der Waals surface area contributed by atoms with E-state index in [9.17, 15) is 0 Å². The number of nitrogens with zero attached hydrogens (tertiary/aromatic N) is 1. The molecule has 5 rings (SSSR count). The molecule has 0 aliphatic heterocycles. The summed E-state index contributed by atoms with van der Waals surface area (Å²) in [5, 5.41) is 5.03. The van der Waals surface area contributed by atoms with Gasteiger partial charge in [0.05, 0.1) is 5.69 Å². The van der Waals surface area contributed by atoms with Crippen molar-refractivity contribution in [2.24, 2.45) is 0 Å². The van der Waals surface area contributed by atoms with Gasteiger partial charge in [-0.05, 0) is 57.8 Å². The van der Waals surface area contributed by atoms with Gasteiger partial charge in [0.15, 0.2) is 0 Å². The fourth-order valence-electron chi connectivity index (χ4n) is 3.80. The third kappa shape index (κ3) is 2.88. The summed E-state index contributed by atoms with van der Waals surface area (Å²) in [5.74, 6) is 0. The topological polar surface area (TPSA) is 12.9 Å². The van der Waals surface area contributed by atoms with Gasteiger partial charge in [-0.3, -0.25) is 4.98 Å². The number of pyridine rings is 1. The van der Waals surface area contributed by atoms with Crippen LogP contribution in [0.5, 0.6) is 0 Å². The average Bonchev–Trinajstić information content (AvgIpc) is 2.72. The van der Waals surface area contributed by atoms with Crippen molar-refractivity contribution in [3.05, 3.63) is 103 Å². The maximum absolute atomic E-state index is 4.82. The maximum Gasteiger partial charge on any atom is 0.0711 e. The highest BCUT2D eigenvalue weighted by atomic mass is 14.7. The van der Waals surface area contributed by atoms with Gasteiger partial charge in [0.1, 0.15) is 0 Å². The van der Waals surface area contributed by atoms with E-state index in [-0.39, 0.29) is 0 Å². The lowest BCUT2D eigenvalue weighted by molar-refractivity contribution is 1.21. The van der Waals surface area contributed by atoms with E-state index in [2.05, 4.69) is 104 Å². The summed E-state index contributed by atoms with van der Waals surface area (Å²) in [4.78, 5) is 4.82. The van der Waals surface area contributed by atoms with E-state index in [1.165, 1.54) is 32.7 Å². The second-order valence-corrected chi connectivity index (χ2v) is 6.97. The van der Waals surface area contributed by atoms with Gasteiger partial charge in [0.25, 0.3) is 0 Å². The number of aromatic nitrogens is 1. The lowest BCUT2D eigenvalue weighted by Crippen LogP contribution is -1.91. The molecule has 0 saturated carbocycles. The number of hydrogen-bond donors (Lipinski definition) is 0. The zero-order valence-electron chi connectivity index (χ0n) is 15.2. The van der Waals surface area contributed by atoms with Crippen molar-refractivity contribution < 1.29 is 0 Å². The minimum Gasteiger partial charge on any atom is -0.253 e. The van der Waals surface area contributed by atoms with Crippen molar-refractivity contribution in [3.8, 4) is 22.4 Å². The van der Waals surface area contributed by atoms with Crippen LogP contribution >= 0.6 is 0 Å². The lowest BCUT2D eigenvalue weighted by Gasteiger charge is -2.11. The number of benzene rings is 4. The van der Waals surface area contributed by atoms with Crippen LogP contribution in [-0.2, 0) is 0 Å². The molecule has 4 aromatic carbocycles. The first-order chi connectivity index (χ1) is 13.3. The standard InChI is InChI=1S/C26H19N/c1-18-15-23(25-12-6-10-20-8-4-5-11-24(20)25)17-26(27-18)22-14-13-19-7-2-3-9-21(19)16-22/h2-17H,1H3. The van der Waals surface area contributed by atoms with Gasteiger partial charge in [0, 0.05) is 11.3 Å². The van der Waals surface area contributed by atoms with Crippen LogP contribution in [0.15, 0.2) is 97.1 Å². The summed E-state index contributed by atoms with van der Waals surface area (Å²) in [6, 6.07) is 34.4. The third-order valence-electron chi connectivity index (χ3n) is 5.10. The minimum atomic E-state index is 1.02. The predicted octanol–water partition coefficient (Wildman–Crippen LogP) is 7.03. The Morgan fingerprint density at radius 3 is 2.19 bits per heavy atom. The summed E-state index contributed by atoms with van der Waals surface area (Å²) in [7, 11) is 0. The van der Waals surface area contributed by atoms with Crippen molar-refractivity contribution >= 4 is 21.5 Å². The Morgan fingerprint density at radius 2 is 1.30 bits per heavy atom. The van der Waals surface area contributed by atoms with Crippen LogP contribution in [0.4, 0.5) is 0 Å². The van der Waals surface area contributed by atoms with Crippen molar-refractivity contribution in [3.63, 3.8) is 0 Å². The van der Waals surface area contributed by atoms with Crippen LogP contribution in [-0.4, -0.2) is 4.98 Å². The summed E-state index contributed by atoms with van der Waals surface area (Å²) < 4.78 is 0. The molecular weight excluding hydrogens is 326 g/mol. The first-order valence-corrected chi connectivity index (χ1v) is 9.24. The Balaban J connectivity index is 1.70. The maximum atomic E-state index is 4.82. The summed E-state index contributed by atoms with van der Waals surface area (Å²) >= 11 is 0. The van der Waals surface area contributed by atoms with Gasteiger partial charge in [-0.25, -0.2) is 0 Å². The summed E-state index contributed by atoms with van der Waals surface area (Å²) in [5.41, 5.74) is 5.66. The van der Waals surface area contributed by atoms with Gasteiger partial charge in [-0.1, -0.05) is 78.9 Å². The van der Waals surface area contributed by atoms with E-state index in [1.54, 1.807) is 0 Å². The molecule has 0 unspecified atom stereocenters. The number of fused-ring (bicyclic) bond motifs is 2. The van der Waals surface area contributed by atoms with Crippen LogP contribution in [0, 0.1) is 6.92 Å². The Kier molecular flexibility index (Phi) is 3.72. The summed E-state index contributed by atoms with van der Waals surface area (Å²) in [6.07, 6.45) is 0. The molecule has 1 heterocycles. The number of aryl methyl sites for hydroxylation is 1. The number of hydrogen-bond acceptors (Lipinski definition) is 1. The van der Waals surface area contributed by atoms with E-state index >= 15 is 0 Å². The molecule has 0 bridgehead atoms. The SMILES string of the molecule is Cc1cc(-c2cccc3ccccc23)cc(-c2ccc3ccccc3c2)n1. The van der Waals surface area contributed by atoms with Crippen LogP contribution < -0.4 is 0 Å². The molecular formula is C26H19N. The molecule has 0 fully saturated rings. The van der Waals surface area contributed by atoms with Crippen LogP contribution in [0.2, 0.25) is 0 Å². The molecule has 1 heteroatoms. The Hall–Kier alpha value is -3.45. The van der Waals surface area contributed by atoms with Crippen LogP contribution in [0.25, 0.3) is 43.9 Å². The van der Waals surface area contributed by atoms with E-state index in [1.807, 2.05) is 0 Å². The molecule has 0 amide bonds. The summed E-state index contributed by atoms with van der Waals surface area (Å²) in [6.45, 7) is 2.07. The Labute approximate surface area is 158 Å². The first-order valence-electron chi connectivity index (χ1n) is 9.24. The van der Waals surface area contributed by atoms with E-state index in [0.29, 0.717) is 0 Å². The lowest BCUT2D eigenvalue weighted by atomic mass is 9.96. The molecule has 27 heavy (non-hydrogen) atoms. The highest BCUT2D eigenvalue weighted by Crippen LogP contribution is 2.32. The van der Waals surface area contributed by atoms with Gasteiger partial charge in [-0.15, -0.1) is 0 Å². The monoisotopic (exact) mass is 345 g/mol. The Morgan fingerprint density at radius 1 is 0.556 bits per heavy atom. The average molecular weight is 345 g/mol. The normalized spacial score (nSPS) is 11.1. The molecule has 0 saturated heterocycles. The van der Waals surface area contributed by atoms with Crippen molar-refractivity contribution in [1.29, 1.82) is 0 Å². The molecule has 1 nitrogen and oxygen atoms in total. The second-order valence-electron chi connectivity index (χ2n) is 6.97. The van der Waals surface area contributed by atoms with E-state index in [0.717, 1.165) is 17.0 Å². The van der Waals surface area contributed by atoms with E-state index < -0.39 is 0 Å². The van der Waals surface area contributed by atoms with E-state index in [4.69, 9.17) is 4.98 Å². The van der Waals surface area contributed by atoms with Gasteiger partial charge < -0.3 is 0 Å². The first kappa shape index (κ1) is 15.8. The second kappa shape index (κ2) is 6.37. The molecule has 0 aliphatic rings.